The molecular formula is C22H20F2N4O2. The number of anilines is 2. The van der Waals surface area contributed by atoms with Gasteiger partial charge in [-0.15, -0.1) is 0 Å². The summed E-state index contributed by atoms with van der Waals surface area (Å²) in [5.41, 5.74) is 2.79. The molecule has 1 fully saturated rings. The summed E-state index contributed by atoms with van der Waals surface area (Å²) in [4.78, 5) is 24.9. The summed E-state index contributed by atoms with van der Waals surface area (Å²) in [6.45, 7) is 1.77. The largest absolute Gasteiger partial charge is 0.326 e. The maximum atomic E-state index is 13.0. The van der Waals surface area contributed by atoms with Gasteiger partial charge in [-0.2, -0.15) is 5.10 Å². The van der Waals surface area contributed by atoms with Gasteiger partial charge in [0.25, 0.3) is 11.8 Å². The number of carbonyl (C=O) groups excluding carboxylic acids is 2. The minimum atomic E-state index is -2.74. The Labute approximate surface area is 171 Å². The highest BCUT2D eigenvalue weighted by Crippen LogP contribution is 2.50. The molecule has 1 aliphatic carbocycles. The topological polar surface area (TPSA) is 76.0 Å². The van der Waals surface area contributed by atoms with Crippen LogP contribution in [0.5, 0.6) is 0 Å². The Bertz CT molecular complexity index is 1100. The zero-order valence-corrected chi connectivity index (χ0v) is 16.2. The number of aromatic nitrogens is 2. The monoisotopic (exact) mass is 410 g/mol. The van der Waals surface area contributed by atoms with Crippen molar-refractivity contribution in [3.63, 3.8) is 0 Å². The predicted octanol–water partition coefficient (Wildman–Crippen LogP) is 4.42. The maximum absolute atomic E-state index is 13.0. The Kier molecular flexibility index (Phi) is 5.07. The second-order valence-corrected chi connectivity index (χ2v) is 7.37. The van der Waals surface area contributed by atoms with Crippen LogP contribution < -0.4 is 10.6 Å². The van der Waals surface area contributed by atoms with Crippen LogP contribution in [0.15, 0.2) is 60.9 Å². The van der Waals surface area contributed by atoms with Crippen molar-refractivity contribution in [2.24, 2.45) is 5.92 Å². The molecular weight excluding hydrogens is 390 g/mol. The molecule has 154 valence electrons. The van der Waals surface area contributed by atoms with Crippen molar-refractivity contribution in [3.05, 3.63) is 72.1 Å². The van der Waals surface area contributed by atoms with Crippen molar-refractivity contribution < 1.29 is 18.4 Å². The van der Waals surface area contributed by atoms with Crippen LogP contribution in [-0.4, -0.2) is 27.5 Å². The zero-order chi connectivity index (χ0) is 21.3. The molecule has 1 aromatic heterocycles. The van der Waals surface area contributed by atoms with Crippen molar-refractivity contribution in [2.75, 3.05) is 10.6 Å². The smallest absolute Gasteiger partial charge is 0.255 e. The molecule has 2 aromatic carbocycles. The van der Waals surface area contributed by atoms with Crippen LogP contribution in [0.1, 0.15) is 28.8 Å². The number of carbonyl (C=O) groups is 2. The minimum absolute atomic E-state index is 0.236. The molecule has 1 unspecified atom stereocenters. The van der Waals surface area contributed by atoms with Gasteiger partial charge in [-0.25, -0.2) is 13.5 Å². The molecule has 0 spiro atoms. The van der Waals surface area contributed by atoms with Crippen molar-refractivity contribution in [3.8, 4) is 5.69 Å². The predicted molar refractivity (Wildman–Crippen MR) is 109 cm³/mol. The van der Waals surface area contributed by atoms with Crippen LogP contribution in [0.3, 0.4) is 0 Å². The molecule has 1 saturated carbocycles. The number of nitrogens with zero attached hydrogens (tertiary/aromatic N) is 2. The van der Waals surface area contributed by atoms with Gasteiger partial charge in [0.05, 0.1) is 11.4 Å². The lowest BCUT2D eigenvalue weighted by Gasteiger charge is -2.13. The van der Waals surface area contributed by atoms with Gasteiger partial charge < -0.3 is 10.6 Å². The second kappa shape index (κ2) is 7.70. The average molecular weight is 410 g/mol. The molecule has 1 aliphatic rings. The molecule has 0 aliphatic heterocycles. The summed E-state index contributed by atoms with van der Waals surface area (Å²) < 4.78 is 27.7. The van der Waals surface area contributed by atoms with E-state index in [4.69, 9.17) is 0 Å². The summed E-state index contributed by atoms with van der Waals surface area (Å²) in [6, 6.07) is 13.9. The molecule has 30 heavy (non-hydrogen) atoms. The number of alkyl halides is 2. The van der Waals surface area contributed by atoms with Crippen LogP contribution >= 0.6 is 0 Å². The summed E-state index contributed by atoms with van der Waals surface area (Å²) in [5.74, 6) is -4.49. The first-order valence-corrected chi connectivity index (χ1v) is 9.52. The number of aryl methyl sites for hydroxylation is 1. The first kappa shape index (κ1) is 19.8. The Hall–Kier alpha value is -3.55. The Morgan fingerprint density at radius 1 is 1.13 bits per heavy atom. The summed E-state index contributed by atoms with van der Waals surface area (Å²) in [6.07, 6.45) is 2.93. The fourth-order valence-electron chi connectivity index (χ4n) is 3.20. The number of para-hydroxylation sites is 2. The van der Waals surface area contributed by atoms with E-state index in [1.54, 1.807) is 60.4 Å². The third kappa shape index (κ3) is 4.22. The van der Waals surface area contributed by atoms with Gasteiger partial charge in [0.2, 0.25) is 5.91 Å². The zero-order valence-electron chi connectivity index (χ0n) is 16.2. The molecule has 3 aromatic rings. The third-order valence-corrected chi connectivity index (χ3v) is 5.06. The van der Waals surface area contributed by atoms with Crippen LogP contribution in [-0.2, 0) is 4.79 Å². The fourth-order valence-corrected chi connectivity index (χ4v) is 3.20. The van der Waals surface area contributed by atoms with Crippen molar-refractivity contribution >= 4 is 23.2 Å². The highest BCUT2D eigenvalue weighted by Gasteiger charge is 2.57. The van der Waals surface area contributed by atoms with Gasteiger partial charge in [-0.05, 0) is 42.8 Å². The number of rotatable bonds is 6. The van der Waals surface area contributed by atoms with E-state index in [1.807, 2.05) is 12.1 Å². The van der Waals surface area contributed by atoms with Gasteiger partial charge in [-0.3, -0.25) is 9.59 Å². The van der Waals surface area contributed by atoms with Crippen molar-refractivity contribution in [1.82, 2.24) is 9.78 Å². The maximum Gasteiger partial charge on any atom is 0.255 e. The number of benzene rings is 2. The number of halogens is 2. The van der Waals surface area contributed by atoms with E-state index in [9.17, 15) is 18.4 Å². The van der Waals surface area contributed by atoms with Crippen LogP contribution in [0.2, 0.25) is 0 Å². The van der Waals surface area contributed by atoms with E-state index in [0.29, 0.717) is 22.6 Å². The summed E-state index contributed by atoms with van der Waals surface area (Å²) >= 11 is 0. The molecule has 8 heteroatoms. The van der Waals surface area contributed by atoms with E-state index in [2.05, 4.69) is 15.7 Å². The molecule has 0 bridgehead atoms. The van der Waals surface area contributed by atoms with Gasteiger partial charge >= 0.3 is 0 Å². The van der Waals surface area contributed by atoms with Gasteiger partial charge in [-0.1, -0.05) is 18.2 Å². The highest BCUT2D eigenvalue weighted by molar-refractivity contribution is 6.06. The lowest BCUT2D eigenvalue weighted by molar-refractivity contribution is -0.117. The van der Waals surface area contributed by atoms with Crippen LogP contribution in [0.4, 0.5) is 20.2 Å². The summed E-state index contributed by atoms with van der Waals surface area (Å²) in [7, 11) is 0. The van der Waals surface area contributed by atoms with E-state index in [1.165, 1.54) is 0 Å². The Balaban J connectivity index is 1.49. The first-order valence-electron chi connectivity index (χ1n) is 9.52. The molecule has 2 amide bonds. The molecule has 0 radical (unpaired) electrons. The lowest BCUT2D eigenvalue weighted by Crippen LogP contribution is -2.17. The van der Waals surface area contributed by atoms with Crippen LogP contribution in [0, 0.1) is 12.8 Å². The number of hydrogen-bond donors (Lipinski definition) is 2. The fraction of sp³-hybridized carbons (Fsp3) is 0.227. The minimum Gasteiger partial charge on any atom is -0.326 e. The first-order chi connectivity index (χ1) is 14.3. The van der Waals surface area contributed by atoms with Gasteiger partial charge in [0.1, 0.15) is 0 Å². The molecule has 2 N–H and O–H groups in total. The number of nitrogens with one attached hydrogen (secondary N) is 2. The lowest BCUT2D eigenvalue weighted by atomic mass is 10.1. The molecule has 4 rings (SSSR count). The number of hydrogen-bond acceptors (Lipinski definition) is 3. The van der Waals surface area contributed by atoms with E-state index in [-0.39, 0.29) is 18.7 Å². The summed E-state index contributed by atoms with van der Waals surface area (Å²) in [5, 5.41) is 9.69. The SMILES string of the molecule is Cc1ccc(C(=O)Nc2ccccc2-n2cccn2)cc1NC(=O)CC1CC1(F)F. The molecule has 6 nitrogen and oxygen atoms in total. The van der Waals surface area contributed by atoms with E-state index in [0.717, 1.165) is 5.56 Å². The number of amides is 2. The van der Waals surface area contributed by atoms with E-state index < -0.39 is 17.7 Å². The molecule has 1 heterocycles. The van der Waals surface area contributed by atoms with Crippen LogP contribution in [0.25, 0.3) is 5.69 Å². The van der Waals surface area contributed by atoms with Crippen molar-refractivity contribution in [2.45, 2.75) is 25.7 Å². The quantitative estimate of drug-likeness (QED) is 0.632. The normalized spacial score (nSPS) is 16.7. The highest BCUT2D eigenvalue weighted by atomic mass is 19.3. The Morgan fingerprint density at radius 3 is 2.60 bits per heavy atom. The third-order valence-electron chi connectivity index (χ3n) is 5.06. The average Bonchev–Trinajstić information content (AvgIpc) is 3.09. The Morgan fingerprint density at radius 2 is 1.90 bits per heavy atom. The van der Waals surface area contributed by atoms with Gasteiger partial charge in [0.15, 0.2) is 0 Å². The van der Waals surface area contributed by atoms with E-state index >= 15 is 0 Å². The van der Waals surface area contributed by atoms with Gasteiger partial charge in [0, 0.05) is 42.4 Å². The molecule has 1 atom stereocenters. The molecule has 0 saturated heterocycles. The van der Waals surface area contributed by atoms with Crippen molar-refractivity contribution in [1.29, 1.82) is 0 Å². The second-order valence-electron chi connectivity index (χ2n) is 7.37. The standard InChI is InChI=1S/C22H20F2N4O2/c1-14-7-8-15(11-18(14)26-20(29)12-16-13-22(16,23)24)21(30)27-17-5-2-3-6-19(17)28-10-4-9-25-28/h2-11,16H,12-13H2,1H3,(H,26,29)(H,27,30).